The first kappa shape index (κ1) is 14.4. The van der Waals surface area contributed by atoms with E-state index in [0.717, 1.165) is 12.8 Å². The second kappa shape index (κ2) is 5.52. The van der Waals surface area contributed by atoms with Gasteiger partial charge in [0.25, 0.3) is 11.6 Å². The van der Waals surface area contributed by atoms with Crippen LogP contribution in [0, 0.1) is 11.1 Å². The van der Waals surface area contributed by atoms with Gasteiger partial charge in [0.1, 0.15) is 0 Å². The average Bonchev–Trinajstić information content (AvgIpc) is 3.17. The van der Waals surface area contributed by atoms with E-state index in [1.807, 2.05) is 13.8 Å². The van der Waals surface area contributed by atoms with Crippen molar-refractivity contribution in [1.29, 1.82) is 0 Å². The molecule has 0 saturated heterocycles. The molecule has 1 aromatic heterocycles. The fourth-order valence-electron chi connectivity index (χ4n) is 1.94. The number of carbonyl (C=O) groups is 1. The van der Waals surface area contributed by atoms with E-state index in [-0.39, 0.29) is 29.2 Å². The van der Waals surface area contributed by atoms with Crippen molar-refractivity contribution in [2.75, 3.05) is 7.11 Å². The van der Waals surface area contributed by atoms with Crippen LogP contribution >= 0.6 is 0 Å². The highest BCUT2D eigenvalue weighted by Gasteiger charge is 2.31. The first-order valence-corrected chi connectivity index (χ1v) is 6.67. The zero-order chi connectivity index (χ0) is 14.9. The highest BCUT2D eigenvalue weighted by molar-refractivity contribution is 5.94. The van der Waals surface area contributed by atoms with Gasteiger partial charge >= 0.3 is 11.4 Å². The van der Waals surface area contributed by atoms with Crippen LogP contribution in [0.4, 0.5) is 0 Å². The lowest BCUT2D eigenvalue weighted by Crippen LogP contribution is -2.45. The molecule has 1 saturated carbocycles. The highest BCUT2D eigenvalue weighted by Crippen LogP contribution is 2.20. The summed E-state index contributed by atoms with van der Waals surface area (Å²) in [5.41, 5.74) is -0.609. The van der Waals surface area contributed by atoms with Gasteiger partial charge in [-0.05, 0) is 18.8 Å². The third-order valence-corrected chi connectivity index (χ3v) is 3.08. The smallest absolute Gasteiger partial charge is 0.409 e. The van der Waals surface area contributed by atoms with Gasteiger partial charge in [0.2, 0.25) is 5.69 Å². The minimum atomic E-state index is -0.546. The molecule has 0 unspecified atom stereocenters. The maximum Gasteiger partial charge on any atom is 0.409 e. The van der Waals surface area contributed by atoms with Gasteiger partial charge in [-0.25, -0.2) is 0 Å². The van der Waals surface area contributed by atoms with Gasteiger partial charge in [-0.3, -0.25) is 9.59 Å². The molecule has 1 fully saturated rings. The molecule has 110 valence electrons. The summed E-state index contributed by atoms with van der Waals surface area (Å²) in [6, 6.07) is 0.131. The Morgan fingerprint density at radius 1 is 1.55 bits per heavy atom. The Morgan fingerprint density at radius 2 is 2.20 bits per heavy atom. The van der Waals surface area contributed by atoms with Crippen molar-refractivity contribution in [3.8, 4) is 5.88 Å². The minimum Gasteiger partial charge on any atom is -0.616 e. The topological polar surface area (TPSA) is 98.1 Å². The molecule has 0 aliphatic heterocycles. The number of amides is 1. The maximum atomic E-state index is 12.2. The average molecular weight is 281 g/mol. The molecular formula is C13H19N3O4. The number of H-pyrrole nitrogens is 1. The third kappa shape index (κ3) is 2.92. The molecular weight excluding hydrogens is 262 g/mol. The molecule has 1 heterocycles. The zero-order valence-electron chi connectivity index (χ0n) is 11.9. The van der Waals surface area contributed by atoms with E-state index in [2.05, 4.69) is 10.3 Å². The molecule has 0 atom stereocenters. The molecule has 1 aliphatic rings. The van der Waals surface area contributed by atoms with Crippen LogP contribution in [0.3, 0.4) is 0 Å². The molecule has 0 spiro atoms. The molecule has 0 radical (unpaired) electrons. The number of hydrogen-bond donors (Lipinski definition) is 2. The summed E-state index contributed by atoms with van der Waals surface area (Å²) in [4.78, 5) is 26.4. The van der Waals surface area contributed by atoms with Crippen LogP contribution in [0.2, 0.25) is 0 Å². The van der Waals surface area contributed by atoms with Crippen LogP contribution in [0.15, 0.2) is 4.79 Å². The molecule has 0 bridgehead atoms. The Bertz CT molecular complexity index is 576. The number of ether oxygens (including phenoxy) is 1. The molecule has 0 aromatic carbocycles. The summed E-state index contributed by atoms with van der Waals surface area (Å²) in [7, 11) is 1.30. The third-order valence-electron chi connectivity index (χ3n) is 3.08. The highest BCUT2D eigenvalue weighted by atomic mass is 16.5. The number of aromatic amines is 1. The number of nitrogens with one attached hydrogen (secondary N) is 2. The lowest BCUT2D eigenvalue weighted by molar-refractivity contribution is -0.622. The summed E-state index contributed by atoms with van der Waals surface area (Å²) in [5.74, 6) is -0.507. The first-order chi connectivity index (χ1) is 9.43. The number of aromatic nitrogens is 2. The van der Waals surface area contributed by atoms with Crippen molar-refractivity contribution in [2.24, 2.45) is 5.92 Å². The molecule has 1 aliphatic carbocycles. The molecule has 2 N–H and O–H groups in total. The van der Waals surface area contributed by atoms with Crippen molar-refractivity contribution in [2.45, 2.75) is 39.2 Å². The van der Waals surface area contributed by atoms with E-state index in [9.17, 15) is 14.8 Å². The van der Waals surface area contributed by atoms with Gasteiger partial charge in [-0.15, -0.1) is 4.73 Å². The largest absolute Gasteiger partial charge is 0.616 e. The second-order valence-corrected chi connectivity index (χ2v) is 5.43. The van der Waals surface area contributed by atoms with Crippen LogP contribution < -0.4 is 20.3 Å². The summed E-state index contributed by atoms with van der Waals surface area (Å²) < 4.78 is 5.41. The van der Waals surface area contributed by atoms with Crippen LogP contribution in [0.5, 0.6) is 5.88 Å². The van der Waals surface area contributed by atoms with Crippen LogP contribution in [0.1, 0.15) is 42.9 Å². The first-order valence-electron chi connectivity index (χ1n) is 6.67. The monoisotopic (exact) mass is 281 g/mol. The van der Waals surface area contributed by atoms with Crippen molar-refractivity contribution in [3.05, 3.63) is 26.9 Å². The number of rotatable bonds is 5. The van der Waals surface area contributed by atoms with Crippen molar-refractivity contribution >= 4 is 5.91 Å². The van der Waals surface area contributed by atoms with E-state index < -0.39 is 11.5 Å². The van der Waals surface area contributed by atoms with Gasteiger partial charge in [0.15, 0.2) is 0 Å². The van der Waals surface area contributed by atoms with Crippen molar-refractivity contribution in [1.82, 2.24) is 10.3 Å². The fourth-order valence-corrected chi connectivity index (χ4v) is 1.94. The number of methoxy groups -OCH3 is 1. The Kier molecular flexibility index (Phi) is 3.96. The Labute approximate surface area is 116 Å². The van der Waals surface area contributed by atoms with E-state index in [1.54, 1.807) is 0 Å². The van der Waals surface area contributed by atoms with E-state index in [1.165, 1.54) is 7.11 Å². The van der Waals surface area contributed by atoms with Gasteiger partial charge in [-0.2, -0.15) is 0 Å². The van der Waals surface area contributed by atoms with E-state index >= 15 is 0 Å². The zero-order valence-corrected chi connectivity index (χ0v) is 11.9. The second-order valence-electron chi connectivity index (χ2n) is 5.43. The molecule has 7 nitrogen and oxygen atoms in total. The van der Waals surface area contributed by atoms with Gasteiger partial charge < -0.3 is 20.2 Å². The van der Waals surface area contributed by atoms with Crippen LogP contribution in [-0.2, 0) is 6.42 Å². The standard InChI is InChI=1S/C13H19N3O4/c1-7(2)6-9-11(17)15-10(13(20-3)16(9)19)12(18)14-8-4-5-8/h7-8H,4-6H2,1-3H3,(H,14,18)(H,15,17). The predicted octanol–water partition coefficient (Wildman–Crippen LogP) is 0.108. The van der Waals surface area contributed by atoms with E-state index in [4.69, 9.17) is 4.74 Å². The fraction of sp³-hybridized carbons (Fsp3) is 0.615. The lowest BCUT2D eigenvalue weighted by atomic mass is 10.1. The normalized spacial score (nSPS) is 14.4. The quantitative estimate of drug-likeness (QED) is 0.591. The lowest BCUT2D eigenvalue weighted by Gasteiger charge is -2.12. The maximum absolute atomic E-state index is 12.2. The summed E-state index contributed by atoms with van der Waals surface area (Å²) in [6.07, 6.45) is 2.15. The van der Waals surface area contributed by atoms with Gasteiger partial charge in [0, 0.05) is 12.5 Å². The predicted molar refractivity (Wildman–Crippen MR) is 71.6 cm³/mol. The Balaban J connectivity index is 2.42. The Hall–Kier alpha value is -2.05. The molecule has 1 amide bonds. The number of carbonyl (C=O) groups excluding carboxylic acids is 1. The summed E-state index contributed by atoms with van der Waals surface area (Å²) in [6.45, 7) is 3.80. The Morgan fingerprint density at radius 3 is 2.70 bits per heavy atom. The minimum absolute atomic E-state index is 0.0554. The SMILES string of the molecule is COc1c(C(=O)NC2CC2)[nH]c(=O)c(CC(C)C)[n+]1[O-]. The molecule has 7 heteroatoms. The summed E-state index contributed by atoms with van der Waals surface area (Å²) in [5, 5.41) is 14.9. The molecule has 2 rings (SSSR count). The van der Waals surface area contributed by atoms with Gasteiger partial charge in [-0.1, -0.05) is 13.8 Å². The number of hydrogen-bond acceptors (Lipinski definition) is 4. The van der Waals surface area contributed by atoms with Crippen LogP contribution in [-0.4, -0.2) is 24.0 Å². The summed E-state index contributed by atoms with van der Waals surface area (Å²) >= 11 is 0. The van der Waals surface area contributed by atoms with Gasteiger partial charge in [0.05, 0.1) is 7.11 Å². The van der Waals surface area contributed by atoms with Crippen molar-refractivity contribution in [3.63, 3.8) is 0 Å². The number of nitrogens with zero attached hydrogens (tertiary/aromatic N) is 1. The molecule has 20 heavy (non-hydrogen) atoms. The van der Waals surface area contributed by atoms with Crippen molar-refractivity contribution < 1.29 is 14.3 Å². The van der Waals surface area contributed by atoms with E-state index in [0.29, 0.717) is 11.2 Å². The van der Waals surface area contributed by atoms with Crippen LogP contribution in [0.25, 0.3) is 0 Å². The molecule has 1 aromatic rings.